The molecule has 1 heterocycles. The summed E-state index contributed by atoms with van der Waals surface area (Å²) in [6.45, 7) is 0.396. The number of nitriles is 1. The third-order valence-electron chi connectivity index (χ3n) is 4.02. The van der Waals surface area contributed by atoms with Crippen LogP contribution in [0.3, 0.4) is 0 Å². The van der Waals surface area contributed by atoms with Gasteiger partial charge in [0.1, 0.15) is 0 Å². The van der Waals surface area contributed by atoms with E-state index in [0.717, 1.165) is 5.56 Å². The largest absolute Gasteiger partial charge is 0.481 e. The van der Waals surface area contributed by atoms with E-state index in [-0.39, 0.29) is 12.3 Å². The van der Waals surface area contributed by atoms with Crippen LogP contribution in [0.5, 0.6) is 0 Å². The number of hydrogen-bond donors (Lipinski definition) is 1. The van der Waals surface area contributed by atoms with Crippen molar-refractivity contribution in [3.8, 4) is 6.07 Å². The van der Waals surface area contributed by atoms with Crippen LogP contribution in [0, 0.1) is 11.3 Å². The molecule has 0 aliphatic carbocycles. The first-order chi connectivity index (χ1) is 11.1. The van der Waals surface area contributed by atoms with E-state index in [1.807, 2.05) is 18.2 Å². The molecule has 1 amide bonds. The molecule has 1 aliphatic rings. The molecule has 2 aromatic rings. The van der Waals surface area contributed by atoms with Crippen molar-refractivity contribution in [1.82, 2.24) is 4.90 Å². The number of hydrogen-bond acceptors (Lipinski definition) is 3. The summed E-state index contributed by atoms with van der Waals surface area (Å²) in [5.74, 6) is -1.13. The average molecular weight is 306 g/mol. The number of aliphatic carboxylic acids is 1. The van der Waals surface area contributed by atoms with Gasteiger partial charge >= 0.3 is 5.97 Å². The number of carboxylic acid groups (broad SMARTS) is 1. The molecule has 0 spiro atoms. The van der Waals surface area contributed by atoms with Gasteiger partial charge in [-0.2, -0.15) is 5.26 Å². The van der Waals surface area contributed by atoms with Gasteiger partial charge in [0, 0.05) is 12.1 Å². The van der Waals surface area contributed by atoms with Crippen molar-refractivity contribution in [3.05, 3.63) is 70.8 Å². The monoisotopic (exact) mass is 306 g/mol. The summed E-state index contributed by atoms with van der Waals surface area (Å²) in [6.07, 6.45) is -0.175. The first-order valence-electron chi connectivity index (χ1n) is 7.21. The Morgan fingerprint density at radius 3 is 2.52 bits per heavy atom. The molecule has 3 rings (SSSR count). The van der Waals surface area contributed by atoms with E-state index < -0.39 is 12.0 Å². The van der Waals surface area contributed by atoms with Crippen LogP contribution >= 0.6 is 0 Å². The molecular formula is C18H14N2O3. The van der Waals surface area contributed by atoms with E-state index in [2.05, 4.69) is 0 Å². The highest BCUT2D eigenvalue weighted by atomic mass is 16.4. The highest BCUT2D eigenvalue weighted by Crippen LogP contribution is 2.33. The van der Waals surface area contributed by atoms with Crippen molar-refractivity contribution in [2.75, 3.05) is 0 Å². The Hall–Kier alpha value is -3.13. The standard InChI is InChI=1S/C18H14N2O3/c19-10-12-5-7-13(8-6-12)16(9-17(21)22)20-11-14-3-1-2-4-15(14)18(20)23/h1-8,16H,9,11H2,(H,21,22)/t16-/m1/s1. The summed E-state index contributed by atoms with van der Waals surface area (Å²) in [5.41, 5.74) is 2.74. The molecular weight excluding hydrogens is 292 g/mol. The van der Waals surface area contributed by atoms with Crippen molar-refractivity contribution in [3.63, 3.8) is 0 Å². The lowest BCUT2D eigenvalue weighted by molar-refractivity contribution is -0.138. The summed E-state index contributed by atoms with van der Waals surface area (Å²) in [6, 6.07) is 15.5. The molecule has 0 aromatic heterocycles. The molecule has 0 saturated heterocycles. The molecule has 5 nitrogen and oxygen atoms in total. The number of carbonyl (C=O) groups is 2. The summed E-state index contributed by atoms with van der Waals surface area (Å²) >= 11 is 0. The van der Waals surface area contributed by atoms with Gasteiger partial charge in [-0.05, 0) is 29.3 Å². The lowest BCUT2D eigenvalue weighted by atomic mass is 10.0. The molecule has 0 bridgehead atoms. The second-order valence-electron chi connectivity index (χ2n) is 5.44. The molecule has 114 valence electrons. The molecule has 0 radical (unpaired) electrons. The van der Waals surface area contributed by atoms with Crippen LogP contribution in [0.15, 0.2) is 48.5 Å². The number of nitrogens with zero attached hydrogens (tertiary/aromatic N) is 2. The fraction of sp³-hybridized carbons (Fsp3) is 0.167. The first-order valence-corrected chi connectivity index (χ1v) is 7.21. The molecule has 5 heteroatoms. The Balaban J connectivity index is 1.96. The highest BCUT2D eigenvalue weighted by Gasteiger charge is 2.34. The van der Waals surface area contributed by atoms with Crippen molar-refractivity contribution in [1.29, 1.82) is 5.26 Å². The molecule has 1 atom stereocenters. The van der Waals surface area contributed by atoms with Crippen LogP contribution in [0.2, 0.25) is 0 Å². The van der Waals surface area contributed by atoms with Crippen molar-refractivity contribution in [2.45, 2.75) is 19.0 Å². The molecule has 0 fully saturated rings. The quantitative estimate of drug-likeness (QED) is 0.941. The Bertz CT molecular complexity index is 806. The number of carboxylic acids is 1. The van der Waals surface area contributed by atoms with Crippen LogP contribution in [0.4, 0.5) is 0 Å². The molecule has 1 aliphatic heterocycles. The Morgan fingerprint density at radius 2 is 1.91 bits per heavy atom. The van der Waals surface area contributed by atoms with Crippen LogP contribution in [-0.2, 0) is 11.3 Å². The molecule has 0 unspecified atom stereocenters. The third kappa shape index (κ3) is 2.79. The van der Waals surface area contributed by atoms with Gasteiger partial charge in [0.05, 0.1) is 24.1 Å². The molecule has 23 heavy (non-hydrogen) atoms. The fourth-order valence-electron chi connectivity index (χ4n) is 2.88. The van der Waals surface area contributed by atoms with Gasteiger partial charge in [-0.25, -0.2) is 0 Å². The zero-order valence-corrected chi connectivity index (χ0v) is 12.3. The highest BCUT2D eigenvalue weighted by molar-refractivity contribution is 5.98. The lowest BCUT2D eigenvalue weighted by Gasteiger charge is -2.27. The van der Waals surface area contributed by atoms with E-state index in [4.69, 9.17) is 5.26 Å². The third-order valence-corrected chi connectivity index (χ3v) is 4.02. The normalized spacial score (nSPS) is 14.2. The van der Waals surface area contributed by atoms with Gasteiger partial charge in [0.2, 0.25) is 0 Å². The van der Waals surface area contributed by atoms with Gasteiger partial charge in [-0.15, -0.1) is 0 Å². The summed E-state index contributed by atoms with van der Waals surface area (Å²) < 4.78 is 0. The van der Waals surface area contributed by atoms with Gasteiger partial charge < -0.3 is 10.0 Å². The summed E-state index contributed by atoms with van der Waals surface area (Å²) in [4.78, 5) is 25.4. The van der Waals surface area contributed by atoms with Crippen LogP contribution in [-0.4, -0.2) is 21.9 Å². The van der Waals surface area contributed by atoms with Gasteiger partial charge in [-0.1, -0.05) is 30.3 Å². The predicted octanol–water partition coefficient (Wildman–Crippen LogP) is 2.73. The van der Waals surface area contributed by atoms with E-state index in [1.165, 1.54) is 0 Å². The van der Waals surface area contributed by atoms with E-state index in [9.17, 15) is 14.7 Å². The number of benzene rings is 2. The number of fused-ring (bicyclic) bond motifs is 1. The maximum absolute atomic E-state index is 12.6. The Morgan fingerprint density at radius 1 is 1.22 bits per heavy atom. The van der Waals surface area contributed by atoms with Gasteiger partial charge in [-0.3, -0.25) is 9.59 Å². The number of amides is 1. The minimum Gasteiger partial charge on any atom is -0.481 e. The lowest BCUT2D eigenvalue weighted by Crippen LogP contribution is -2.30. The van der Waals surface area contributed by atoms with Crippen molar-refractivity contribution >= 4 is 11.9 Å². The second-order valence-corrected chi connectivity index (χ2v) is 5.44. The van der Waals surface area contributed by atoms with E-state index in [0.29, 0.717) is 23.2 Å². The minimum atomic E-state index is -0.969. The molecule has 2 aromatic carbocycles. The first kappa shape index (κ1) is 14.8. The SMILES string of the molecule is N#Cc1ccc([C@@H](CC(=O)O)N2Cc3ccccc3C2=O)cc1. The summed E-state index contributed by atoms with van der Waals surface area (Å²) in [7, 11) is 0. The molecule has 1 N–H and O–H groups in total. The average Bonchev–Trinajstić information content (AvgIpc) is 2.90. The van der Waals surface area contributed by atoms with Crippen molar-refractivity contribution in [2.24, 2.45) is 0 Å². The van der Waals surface area contributed by atoms with Gasteiger partial charge in [0.25, 0.3) is 5.91 Å². The van der Waals surface area contributed by atoms with E-state index >= 15 is 0 Å². The zero-order valence-electron chi connectivity index (χ0n) is 12.3. The number of rotatable bonds is 4. The Kier molecular flexibility index (Phi) is 3.82. The zero-order chi connectivity index (χ0) is 16.4. The van der Waals surface area contributed by atoms with Crippen LogP contribution in [0.1, 0.15) is 39.5 Å². The minimum absolute atomic E-state index is 0.156. The molecule has 0 saturated carbocycles. The smallest absolute Gasteiger partial charge is 0.305 e. The van der Waals surface area contributed by atoms with E-state index in [1.54, 1.807) is 41.3 Å². The predicted molar refractivity (Wildman–Crippen MR) is 82.5 cm³/mol. The van der Waals surface area contributed by atoms with Crippen LogP contribution < -0.4 is 0 Å². The van der Waals surface area contributed by atoms with Gasteiger partial charge in [0.15, 0.2) is 0 Å². The second kappa shape index (κ2) is 5.93. The van der Waals surface area contributed by atoms with Crippen LogP contribution in [0.25, 0.3) is 0 Å². The fourth-order valence-corrected chi connectivity index (χ4v) is 2.88. The topological polar surface area (TPSA) is 81.4 Å². The Labute approximate surface area is 133 Å². The maximum Gasteiger partial charge on any atom is 0.305 e. The number of carbonyl (C=O) groups excluding carboxylic acids is 1. The summed E-state index contributed by atoms with van der Waals surface area (Å²) in [5, 5.41) is 18.1. The maximum atomic E-state index is 12.6. The van der Waals surface area contributed by atoms with Crippen molar-refractivity contribution < 1.29 is 14.7 Å².